The summed E-state index contributed by atoms with van der Waals surface area (Å²) in [6.07, 6.45) is 8.29. The Hall–Kier alpha value is -0.890. The van der Waals surface area contributed by atoms with Gasteiger partial charge in [0.2, 0.25) is 0 Å². The SMILES string of the molecule is C=C/C=C\C=C(\N)CCSC(=C)C. The van der Waals surface area contributed by atoms with Crippen molar-refractivity contribution in [1.29, 1.82) is 0 Å². The van der Waals surface area contributed by atoms with E-state index in [1.807, 2.05) is 25.2 Å². The van der Waals surface area contributed by atoms with Gasteiger partial charge >= 0.3 is 0 Å². The number of allylic oxidation sites excluding steroid dienone is 6. The van der Waals surface area contributed by atoms with Gasteiger partial charge < -0.3 is 5.73 Å². The zero-order chi connectivity index (χ0) is 10.1. The molecule has 2 N–H and O–H groups in total. The van der Waals surface area contributed by atoms with E-state index in [1.165, 1.54) is 0 Å². The number of thioether (sulfide) groups is 1. The maximum Gasteiger partial charge on any atom is 0.00888 e. The number of rotatable bonds is 6. The predicted octanol–water partition coefficient (Wildman–Crippen LogP) is 3.23. The van der Waals surface area contributed by atoms with E-state index in [0.717, 1.165) is 22.8 Å². The second kappa shape index (κ2) is 7.74. The van der Waals surface area contributed by atoms with Gasteiger partial charge in [-0.2, -0.15) is 0 Å². The minimum atomic E-state index is 0.895. The van der Waals surface area contributed by atoms with Crippen molar-refractivity contribution in [2.75, 3.05) is 5.75 Å². The van der Waals surface area contributed by atoms with Gasteiger partial charge in [-0.05, 0) is 24.3 Å². The lowest BCUT2D eigenvalue weighted by molar-refractivity contribution is 1.08. The van der Waals surface area contributed by atoms with Crippen LogP contribution in [-0.2, 0) is 0 Å². The van der Waals surface area contributed by atoms with Crippen LogP contribution in [0.3, 0.4) is 0 Å². The van der Waals surface area contributed by atoms with E-state index >= 15 is 0 Å². The topological polar surface area (TPSA) is 26.0 Å². The third kappa shape index (κ3) is 9.02. The normalized spacial score (nSPS) is 11.9. The summed E-state index contributed by atoms with van der Waals surface area (Å²) in [6.45, 7) is 9.38. The average Bonchev–Trinajstić information content (AvgIpc) is 2.04. The molecular formula is C11H17NS. The molecule has 72 valence electrons. The molecule has 2 heteroatoms. The smallest absolute Gasteiger partial charge is 0.00888 e. The largest absolute Gasteiger partial charge is 0.402 e. The van der Waals surface area contributed by atoms with E-state index in [9.17, 15) is 0 Å². The zero-order valence-electron chi connectivity index (χ0n) is 8.12. The number of hydrogen-bond donors (Lipinski definition) is 1. The Kier molecular flexibility index (Phi) is 7.21. The first-order chi connectivity index (χ1) is 6.16. The second-order valence-corrected chi connectivity index (χ2v) is 4.06. The third-order valence-corrected chi connectivity index (χ3v) is 2.20. The van der Waals surface area contributed by atoms with Crippen molar-refractivity contribution in [2.24, 2.45) is 5.73 Å². The highest BCUT2D eigenvalue weighted by atomic mass is 32.2. The summed E-state index contributed by atoms with van der Waals surface area (Å²) in [5, 5.41) is 0. The van der Waals surface area contributed by atoms with Gasteiger partial charge in [0.25, 0.3) is 0 Å². The van der Waals surface area contributed by atoms with Crippen LogP contribution in [0.4, 0.5) is 0 Å². The van der Waals surface area contributed by atoms with Crippen LogP contribution in [0.5, 0.6) is 0 Å². The van der Waals surface area contributed by atoms with E-state index in [4.69, 9.17) is 5.73 Å². The van der Waals surface area contributed by atoms with Crippen LogP contribution in [-0.4, -0.2) is 5.75 Å². The average molecular weight is 195 g/mol. The summed E-state index contributed by atoms with van der Waals surface area (Å²) in [6, 6.07) is 0. The Morgan fingerprint density at radius 3 is 2.69 bits per heavy atom. The van der Waals surface area contributed by atoms with Crippen LogP contribution < -0.4 is 5.73 Å². The summed E-state index contributed by atoms with van der Waals surface area (Å²) in [7, 11) is 0. The molecule has 0 saturated carbocycles. The molecule has 1 nitrogen and oxygen atoms in total. The maximum atomic E-state index is 5.73. The highest BCUT2D eigenvalue weighted by Gasteiger charge is 1.90. The van der Waals surface area contributed by atoms with E-state index in [2.05, 4.69) is 13.2 Å². The summed E-state index contributed by atoms with van der Waals surface area (Å²) in [5.74, 6) is 1.000. The Morgan fingerprint density at radius 1 is 1.46 bits per heavy atom. The van der Waals surface area contributed by atoms with Gasteiger partial charge in [-0.1, -0.05) is 31.4 Å². The molecule has 0 aromatic rings. The monoisotopic (exact) mass is 195 g/mol. The fourth-order valence-electron chi connectivity index (χ4n) is 0.684. The lowest BCUT2D eigenvalue weighted by Gasteiger charge is -1.99. The summed E-state index contributed by atoms with van der Waals surface area (Å²) < 4.78 is 0. The van der Waals surface area contributed by atoms with Crippen molar-refractivity contribution in [2.45, 2.75) is 13.3 Å². The van der Waals surface area contributed by atoms with Crippen molar-refractivity contribution in [3.05, 3.63) is 48.1 Å². The van der Waals surface area contributed by atoms with Crippen molar-refractivity contribution >= 4 is 11.8 Å². The Bertz CT molecular complexity index is 226. The first-order valence-corrected chi connectivity index (χ1v) is 5.17. The molecule has 0 heterocycles. The van der Waals surface area contributed by atoms with Crippen LogP contribution in [0.1, 0.15) is 13.3 Å². The Labute approximate surface area is 85.1 Å². The van der Waals surface area contributed by atoms with Gasteiger partial charge in [-0.3, -0.25) is 0 Å². The highest BCUT2D eigenvalue weighted by Crippen LogP contribution is 2.14. The first-order valence-electron chi connectivity index (χ1n) is 4.19. The summed E-state index contributed by atoms with van der Waals surface area (Å²) >= 11 is 1.74. The van der Waals surface area contributed by atoms with E-state index < -0.39 is 0 Å². The third-order valence-electron chi connectivity index (χ3n) is 1.30. The van der Waals surface area contributed by atoms with Gasteiger partial charge in [0, 0.05) is 11.4 Å². The molecule has 0 aromatic carbocycles. The predicted molar refractivity (Wildman–Crippen MR) is 63.5 cm³/mol. The molecule has 0 rings (SSSR count). The minimum absolute atomic E-state index is 0.895. The quantitative estimate of drug-likeness (QED) is 0.658. The van der Waals surface area contributed by atoms with Crippen LogP contribution in [0.25, 0.3) is 0 Å². The Morgan fingerprint density at radius 2 is 2.15 bits per heavy atom. The molecule has 0 fully saturated rings. The van der Waals surface area contributed by atoms with E-state index in [1.54, 1.807) is 17.8 Å². The van der Waals surface area contributed by atoms with Crippen LogP contribution in [0.15, 0.2) is 48.1 Å². The summed E-state index contributed by atoms with van der Waals surface area (Å²) in [5.41, 5.74) is 6.63. The fraction of sp³-hybridized carbons (Fsp3) is 0.273. The van der Waals surface area contributed by atoms with Crippen LogP contribution in [0.2, 0.25) is 0 Å². The molecule has 0 spiro atoms. The molecular weight excluding hydrogens is 178 g/mol. The molecule has 0 atom stereocenters. The van der Waals surface area contributed by atoms with Crippen molar-refractivity contribution in [1.82, 2.24) is 0 Å². The zero-order valence-corrected chi connectivity index (χ0v) is 8.94. The van der Waals surface area contributed by atoms with Gasteiger partial charge in [-0.15, -0.1) is 11.8 Å². The molecule has 0 aliphatic heterocycles. The number of nitrogens with two attached hydrogens (primary N) is 1. The van der Waals surface area contributed by atoms with E-state index in [-0.39, 0.29) is 0 Å². The fourth-order valence-corrected chi connectivity index (χ4v) is 1.37. The number of hydrogen-bond acceptors (Lipinski definition) is 2. The Balaban J connectivity index is 3.66. The van der Waals surface area contributed by atoms with Gasteiger partial charge in [0.05, 0.1) is 0 Å². The standard InChI is InChI=1S/C11H17NS/c1-4-5-6-7-11(12)8-9-13-10(2)3/h4-7H,1-2,8-9,12H2,3H3/b6-5-,11-7+. The molecule has 0 radical (unpaired) electrons. The van der Waals surface area contributed by atoms with Gasteiger partial charge in [0.15, 0.2) is 0 Å². The van der Waals surface area contributed by atoms with Crippen molar-refractivity contribution < 1.29 is 0 Å². The van der Waals surface area contributed by atoms with E-state index in [0.29, 0.717) is 0 Å². The van der Waals surface area contributed by atoms with Crippen LogP contribution in [0, 0.1) is 0 Å². The lowest BCUT2D eigenvalue weighted by Crippen LogP contribution is -1.97. The van der Waals surface area contributed by atoms with Crippen molar-refractivity contribution in [3.63, 3.8) is 0 Å². The second-order valence-electron chi connectivity index (χ2n) is 2.66. The minimum Gasteiger partial charge on any atom is -0.402 e. The molecule has 0 unspecified atom stereocenters. The molecule has 0 aliphatic rings. The molecule has 0 bridgehead atoms. The van der Waals surface area contributed by atoms with Crippen LogP contribution >= 0.6 is 11.8 Å². The summed E-state index contributed by atoms with van der Waals surface area (Å²) in [4.78, 5) is 1.13. The molecule has 13 heavy (non-hydrogen) atoms. The molecule has 0 amide bonds. The highest BCUT2D eigenvalue weighted by molar-refractivity contribution is 8.03. The molecule has 0 saturated heterocycles. The van der Waals surface area contributed by atoms with Crippen molar-refractivity contribution in [3.8, 4) is 0 Å². The van der Waals surface area contributed by atoms with Gasteiger partial charge in [-0.25, -0.2) is 0 Å². The van der Waals surface area contributed by atoms with Gasteiger partial charge in [0.1, 0.15) is 0 Å². The molecule has 0 aromatic heterocycles. The maximum absolute atomic E-state index is 5.73. The first kappa shape index (κ1) is 12.1. The molecule has 0 aliphatic carbocycles. The lowest BCUT2D eigenvalue weighted by atomic mass is 10.3.